The minimum atomic E-state index is -0.828. The van der Waals surface area contributed by atoms with E-state index in [0.29, 0.717) is 37.5 Å². The normalized spacial score (nSPS) is 17.8. The van der Waals surface area contributed by atoms with Gasteiger partial charge in [0.15, 0.2) is 11.6 Å². The van der Waals surface area contributed by atoms with Crippen molar-refractivity contribution in [2.24, 2.45) is 5.92 Å². The van der Waals surface area contributed by atoms with Crippen LogP contribution in [0.25, 0.3) is 0 Å². The van der Waals surface area contributed by atoms with Crippen LogP contribution >= 0.6 is 0 Å². The molecule has 1 aromatic heterocycles. The van der Waals surface area contributed by atoms with Crippen molar-refractivity contribution in [2.75, 3.05) is 6.54 Å². The quantitative estimate of drug-likeness (QED) is 0.937. The van der Waals surface area contributed by atoms with Crippen molar-refractivity contribution in [2.45, 2.75) is 38.8 Å². The molecule has 4 rings (SSSR count). The van der Waals surface area contributed by atoms with E-state index < -0.39 is 11.6 Å². The number of halogens is 2. The fourth-order valence-electron chi connectivity index (χ4n) is 3.28. The van der Waals surface area contributed by atoms with Crippen molar-refractivity contribution in [3.05, 3.63) is 62.8 Å². The first-order chi connectivity index (χ1) is 11.6. The fourth-order valence-corrected chi connectivity index (χ4v) is 3.28. The Morgan fingerprint density at radius 3 is 2.92 bits per heavy atom. The lowest BCUT2D eigenvalue weighted by Gasteiger charge is -2.27. The topological polar surface area (TPSA) is 49.0 Å². The Labute approximate surface area is 138 Å². The molecule has 1 saturated carbocycles. The SMILES string of the molecule is O=c1[nH]c(CC2CC2)nc2c1CCN(Cc1cccc(F)c1F)C2. The molecule has 126 valence electrons. The molecule has 0 bridgehead atoms. The second-order valence-corrected chi connectivity index (χ2v) is 6.76. The molecule has 1 aromatic carbocycles. The summed E-state index contributed by atoms with van der Waals surface area (Å²) >= 11 is 0. The molecule has 24 heavy (non-hydrogen) atoms. The van der Waals surface area contributed by atoms with E-state index in [1.807, 2.05) is 4.90 Å². The van der Waals surface area contributed by atoms with E-state index in [9.17, 15) is 13.6 Å². The molecule has 0 atom stereocenters. The van der Waals surface area contributed by atoms with Gasteiger partial charge in [-0.2, -0.15) is 0 Å². The van der Waals surface area contributed by atoms with Crippen molar-refractivity contribution < 1.29 is 8.78 Å². The smallest absolute Gasteiger partial charge is 0.254 e. The Morgan fingerprint density at radius 1 is 1.29 bits per heavy atom. The molecule has 1 fully saturated rings. The highest BCUT2D eigenvalue weighted by atomic mass is 19.2. The standard InChI is InChI=1S/C18H19F2N3O/c19-14-3-1-2-12(17(14)20)9-23-7-6-13-15(10-23)21-16(22-18(13)24)8-11-4-5-11/h1-3,11H,4-10H2,(H,21,22,24). The van der Waals surface area contributed by atoms with Crippen LogP contribution in [0.1, 0.15) is 35.5 Å². The summed E-state index contributed by atoms with van der Waals surface area (Å²) in [6, 6.07) is 4.23. The van der Waals surface area contributed by atoms with Gasteiger partial charge in [0.05, 0.1) is 5.69 Å². The molecule has 1 N–H and O–H groups in total. The molecule has 2 heterocycles. The van der Waals surface area contributed by atoms with Crippen LogP contribution in [0.5, 0.6) is 0 Å². The first-order valence-corrected chi connectivity index (χ1v) is 8.36. The molecule has 1 aliphatic heterocycles. The number of hydrogen-bond acceptors (Lipinski definition) is 3. The van der Waals surface area contributed by atoms with E-state index in [0.717, 1.165) is 29.6 Å². The predicted molar refractivity (Wildman–Crippen MR) is 85.5 cm³/mol. The summed E-state index contributed by atoms with van der Waals surface area (Å²) in [4.78, 5) is 21.7. The zero-order valence-electron chi connectivity index (χ0n) is 13.3. The van der Waals surface area contributed by atoms with Gasteiger partial charge in [-0.05, 0) is 31.2 Å². The van der Waals surface area contributed by atoms with Crippen LogP contribution in [0.2, 0.25) is 0 Å². The van der Waals surface area contributed by atoms with Gasteiger partial charge in [0.25, 0.3) is 5.56 Å². The molecular weight excluding hydrogens is 312 g/mol. The highest BCUT2D eigenvalue weighted by Crippen LogP contribution is 2.31. The molecule has 0 spiro atoms. The van der Waals surface area contributed by atoms with Crippen molar-refractivity contribution in [1.82, 2.24) is 14.9 Å². The lowest BCUT2D eigenvalue weighted by Crippen LogP contribution is -2.35. The number of aromatic amines is 1. The molecule has 6 heteroatoms. The van der Waals surface area contributed by atoms with Crippen molar-refractivity contribution in [3.63, 3.8) is 0 Å². The zero-order chi connectivity index (χ0) is 16.7. The monoisotopic (exact) mass is 331 g/mol. The highest BCUT2D eigenvalue weighted by Gasteiger charge is 2.26. The molecular formula is C18H19F2N3O. The minimum Gasteiger partial charge on any atom is -0.310 e. The van der Waals surface area contributed by atoms with Crippen LogP contribution in [0.15, 0.2) is 23.0 Å². The van der Waals surface area contributed by atoms with Crippen LogP contribution in [0.4, 0.5) is 8.78 Å². The number of benzene rings is 1. The summed E-state index contributed by atoms with van der Waals surface area (Å²) < 4.78 is 27.2. The number of nitrogens with zero attached hydrogens (tertiary/aromatic N) is 2. The van der Waals surface area contributed by atoms with E-state index in [2.05, 4.69) is 9.97 Å². The first kappa shape index (κ1) is 15.4. The summed E-state index contributed by atoms with van der Waals surface area (Å²) in [5.41, 5.74) is 1.79. The Bertz CT molecular complexity index is 829. The Balaban J connectivity index is 1.55. The van der Waals surface area contributed by atoms with Crippen molar-refractivity contribution in [1.29, 1.82) is 0 Å². The third kappa shape index (κ3) is 3.11. The number of hydrogen-bond donors (Lipinski definition) is 1. The molecule has 2 aromatic rings. The average molecular weight is 331 g/mol. The summed E-state index contributed by atoms with van der Waals surface area (Å²) in [6.45, 7) is 1.44. The summed E-state index contributed by atoms with van der Waals surface area (Å²) in [5, 5.41) is 0. The number of rotatable bonds is 4. The van der Waals surface area contributed by atoms with Gasteiger partial charge in [-0.25, -0.2) is 13.8 Å². The van der Waals surface area contributed by atoms with Gasteiger partial charge in [0, 0.05) is 37.2 Å². The zero-order valence-corrected chi connectivity index (χ0v) is 13.3. The van der Waals surface area contributed by atoms with E-state index in [1.165, 1.54) is 18.9 Å². The predicted octanol–water partition coefficient (Wildman–Crippen LogP) is 2.56. The lowest BCUT2D eigenvalue weighted by molar-refractivity contribution is 0.235. The number of nitrogens with one attached hydrogen (secondary N) is 1. The molecule has 1 aliphatic carbocycles. The van der Waals surface area contributed by atoms with Gasteiger partial charge in [0.1, 0.15) is 5.82 Å². The minimum absolute atomic E-state index is 0.0489. The van der Waals surface area contributed by atoms with E-state index in [1.54, 1.807) is 6.07 Å². The van der Waals surface area contributed by atoms with Crippen LogP contribution in [-0.2, 0) is 25.9 Å². The van der Waals surface area contributed by atoms with Gasteiger partial charge in [0.2, 0.25) is 0 Å². The number of fused-ring (bicyclic) bond motifs is 1. The Morgan fingerprint density at radius 2 is 2.12 bits per heavy atom. The lowest BCUT2D eigenvalue weighted by atomic mass is 10.0. The van der Waals surface area contributed by atoms with Gasteiger partial charge in [-0.15, -0.1) is 0 Å². The third-order valence-electron chi connectivity index (χ3n) is 4.81. The maximum Gasteiger partial charge on any atom is 0.254 e. The molecule has 2 aliphatic rings. The van der Waals surface area contributed by atoms with E-state index in [-0.39, 0.29) is 5.56 Å². The molecule has 0 saturated heterocycles. The second-order valence-electron chi connectivity index (χ2n) is 6.76. The number of H-pyrrole nitrogens is 1. The maximum absolute atomic E-state index is 13.9. The highest BCUT2D eigenvalue weighted by molar-refractivity contribution is 5.23. The van der Waals surface area contributed by atoms with Gasteiger partial charge in [-0.3, -0.25) is 9.69 Å². The van der Waals surface area contributed by atoms with E-state index >= 15 is 0 Å². The summed E-state index contributed by atoms with van der Waals surface area (Å²) in [7, 11) is 0. The van der Waals surface area contributed by atoms with Crippen LogP contribution in [-0.4, -0.2) is 21.4 Å². The van der Waals surface area contributed by atoms with E-state index in [4.69, 9.17) is 0 Å². The molecule has 4 nitrogen and oxygen atoms in total. The first-order valence-electron chi connectivity index (χ1n) is 8.36. The van der Waals surface area contributed by atoms with Gasteiger partial charge in [-0.1, -0.05) is 12.1 Å². The molecule has 0 unspecified atom stereocenters. The number of aromatic nitrogens is 2. The maximum atomic E-state index is 13.9. The molecule has 0 radical (unpaired) electrons. The van der Waals surface area contributed by atoms with Crippen molar-refractivity contribution in [3.8, 4) is 0 Å². The fraction of sp³-hybridized carbons (Fsp3) is 0.444. The van der Waals surface area contributed by atoms with Gasteiger partial charge < -0.3 is 4.98 Å². The van der Waals surface area contributed by atoms with Crippen LogP contribution < -0.4 is 5.56 Å². The van der Waals surface area contributed by atoms with Gasteiger partial charge >= 0.3 is 0 Å². The van der Waals surface area contributed by atoms with Crippen molar-refractivity contribution >= 4 is 0 Å². The Hall–Kier alpha value is -2.08. The van der Waals surface area contributed by atoms with Crippen LogP contribution in [0.3, 0.4) is 0 Å². The average Bonchev–Trinajstić information content (AvgIpc) is 3.35. The largest absolute Gasteiger partial charge is 0.310 e. The third-order valence-corrected chi connectivity index (χ3v) is 4.81. The molecule has 0 amide bonds. The second kappa shape index (κ2) is 6.09. The summed E-state index contributed by atoms with van der Waals surface area (Å²) in [6.07, 6.45) is 3.80. The summed E-state index contributed by atoms with van der Waals surface area (Å²) in [5.74, 6) is -0.227. The Kier molecular flexibility index (Phi) is 3.92. The van der Waals surface area contributed by atoms with Crippen LogP contribution in [0, 0.1) is 17.6 Å².